The quantitative estimate of drug-likeness (QED) is 0.566. The van der Waals surface area contributed by atoms with Gasteiger partial charge in [-0.25, -0.2) is 0 Å². The second-order valence-electron chi connectivity index (χ2n) is 5.80. The summed E-state index contributed by atoms with van der Waals surface area (Å²) in [5.74, 6) is -0.288. The zero-order valence-electron chi connectivity index (χ0n) is 11.2. The van der Waals surface area contributed by atoms with Crippen LogP contribution in [0.1, 0.15) is 57.8 Å². The van der Waals surface area contributed by atoms with Gasteiger partial charge in [-0.15, -0.1) is 0 Å². The highest BCUT2D eigenvalue weighted by Crippen LogP contribution is 2.27. The summed E-state index contributed by atoms with van der Waals surface area (Å²) in [6, 6.07) is 0. The average molecular weight is 260 g/mol. The van der Waals surface area contributed by atoms with Gasteiger partial charge < -0.3 is 20.4 Å². The zero-order chi connectivity index (χ0) is 13.4. The van der Waals surface area contributed by atoms with E-state index in [1.807, 2.05) is 0 Å². The first-order valence-electron chi connectivity index (χ1n) is 7.24. The van der Waals surface area contributed by atoms with Crippen LogP contribution < -0.4 is 0 Å². The normalized spacial score (nSPS) is 31.3. The van der Waals surface area contributed by atoms with Crippen LogP contribution in [-0.4, -0.2) is 39.4 Å². The Hall–Kier alpha value is -0.160. The molecule has 4 heteroatoms. The Kier molecular flexibility index (Phi) is 7.15. The minimum atomic E-state index is -1.32. The van der Waals surface area contributed by atoms with E-state index in [9.17, 15) is 0 Å². The molecule has 0 atom stereocenters. The highest BCUT2D eigenvalue weighted by Gasteiger charge is 2.24. The molecule has 0 aliphatic heterocycles. The molecule has 0 spiro atoms. The molecule has 0 saturated heterocycles. The number of aliphatic hydroxyl groups is 4. The SMILES string of the molecule is OC1(O)CCCCC1.OCC1CCC(CO)CC1. The zero-order valence-corrected chi connectivity index (χ0v) is 11.2. The van der Waals surface area contributed by atoms with Crippen LogP contribution in [0.5, 0.6) is 0 Å². The molecule has 0 heterocycles. The molecule has 4 N–H and O–H groups in total. The summed E-state index contributed by atoms with van der Waals surface area (Å²) in [6.45, 7) is 0.663. The fraction of sp³-hybridized carbons (Fsp3) is 1.00. The molecule has 2 rings (SSSR count). The summed E-state index contributed by atoms with van der Waals surface area (Å²) in [7, 11) is 0. The van der Waals surface area contributed by atoms with E-state index in [1.54, 1.807) is 0 Å². The van der Waals surface area contributed by atoms with Gasteiger partial charge in [0.15, 0.2) is 5.79 Å². The van der Waals surface area contributed by atoms with Crippen LogP contribution in [-0.2, 0) is 0 Å². The summed E-state index contributed by atoms with van der Waals surface area (Å²) in [5.41, 5.74) is 0. The van der Waals surface area contributed by atoms with E-state index in [0.29, 0.717) is 37.9 Å². The minimum Gasteiger partial charge on any atom is -0.396 e. The van der Waals surface area contributed by atoms with E-state index >= 15 is 0 Å². The molecule has 0 aromatic rings. The van der Waals surface area contributed by atoms with Gasteiger partial charge in [-0.2, -0.15) is 0 Å². The number of hydrogen-bond acceptors (Lipinski definition) is 4. The van der Waals surface area contributed by atoms with Gasteiger partial charge in [0.1, 0.15) is 0 Å². The maximum absolute atomic E-state index is 8.93. The summed E-state index contributed by atoms with van der Waals surface area (Å²) < 4.78 is 0. The summed E-state index contributed by atoms with van der Waals surface area (Å²) in [5, 5.41) is 35.4. The van der Waals surface area contributed by atoms with Crippen LogP contribution in [0.4, 0.5) is 0 Å². The Morgan fingerprint density at radius 1 is 0.722 bits per heavy atom. The first kappa shape index (κ1) is 15.9. The lowest BCUT2D eigenvalue weighted by Crippen LogP contribution is -2.30. The van der Waals surface area contributed by atoms with Crippen molar-refractivity contribution < 1.29 is 20.4 Å². The summed E-state index contributed by atoms with van der Waals surface area (Å²) in [4.78, 5) is 0. The van der Waals surface area contributed by atoms with Crippen molar-refractivity contribution in [1.29, 1.82) is 0 Å². The van der Waals surface area contributed by atoms with E-state index in [2.05, 4.69) is 0 Å². The van der Waals surface area contributed by atoms with Crippen molar-refractivity contribution in [2.75, 3.05) is 13.2 Å². The van der Waals surface area contributed by atoms with Crippen molar-refractivity contribution in [3.8, 4) is 0 Å². The standard InChI is InChI=1S/C8H16O2.C6H12O2/c9-5-7-1-2-8(6-10)4-3-7;7-6(8)4-2-1-3-5-6/h7-10H,1-6H2;7-8H,1-5H2. The maximum Gasteiger partial charge on any atom is 0.162 e. The van der Waals surface area contributed by atoms with Crippen LogP contribution in [0.3, 0.4) is 0 Å². The first-order chi connectivity index (χ1) is 8.57. The smallest absolute Gasteiger partial charge is 0.162 e. The number of rotatable bonds is 2. The Bertz CT molecular complexity index is 190. The largest absolute Gasteiger partial charge is 0.396 e. The third kappa shape index (κ3) is 6.14. The van der Waals surface area contributed by atoms with Gasteiger partial charge in [-0.3, -0.25) is 0 Å². The molecule has 2 aliphatic rings. The molecule has 0 unspecified atom stereocenters. The van der Waals surface area contributed by atoms with Crippen molar-refractivity contribution in [2.45, 2.75) is 63.6 Å². The molecule has 0 bridgehead atoms. The molecule has 2 saturated carbocycles. The Balaban J connectivity index is 0.000000184. The summed E-state index contributed by atoms with van der Waals surface area (Å²) in [6.07, 6.45) is 8.61. The minimum absolute atomic E-state index is 0.331. The van der Waals surface area contributed by atoms with Gasteiger partial charge >= 0.3 is 0 Å². The Morgan fingerprint density at radius 3 is 1.33 bits per heavy atom. The van der Waals surface area contributed by atoms with Crippen LogP contribution >= 0.6 is 0 Å². The third-order valence-electron chi connectivity index (χ3n) is 4.14. The third-order valence-corrected chi connectivity index (χ3v) is 4.14. The highest BCUT2D eigenvalue weighted by molar-refractivity contribution is 4.71. The fourth-order valence-corrected chi connectivity index (χ4v) is 2.71. The molecule has 18 heavy (non-hydrogen) atoms. The van der Waals surface area contributed by atoms with E-state index in [0.717, 1.165) is 44.9 Å². The van der Waals surface area contributed by atoms with Gasteiger partial charge in [0.25, 0.3) is 0 Å². The van der Waals surface area contributed by atoms with Gasteiger partial charge in [0.2, 0.25) is 0 Å². The van der Waals surface area contributed by atoms with Gasteiger partial charge in [-0.1, -0.05) is 6.42 Å². The molecule has 0 aromatic heterocycles. The second kappa shape index (κ2) is 8.10. The van der Waals surface area contributed by atoms with E-state index in [4.69, 9.17) is 20.4 Å². The van der Waals surface area contributed by atoms with E-state index in [1.165, 1.54) is 0 Å². The van der Waals surface area contributed by atoms with Gasteiger partial charge in [0.05, 0.1) is 0 Å². The van der Waals surface area contributed by atoms with Crippen LogP contribution in [0.2, 0.25) is 0 Å². The molecule has 0 aromatic carbocycles. The van der Waals surface area contributed by atoms with Crippen LogP contribution in [0.15, 0.2) is 0 Å². The lowest BCUT2D eigenvalue weighted by atomic mass is 9.83. The van der Waals surface area contributed by atoms with Crippen molar-refractivity contribution >= 4 is 0 Å². The van der Waals surface area contributed by atoms with Crippen LogP contribution in [0, 0.1) is 11.8 Å². The predicted octanol–water partition coefficient (Wildman–Crippen LogP) is 1.41. The molecular formula is C14H28O4. The molecule has 2 aliphatic carbocycles. The molecule has 108 valence electrons. The van der Waals surface area contributed by atoms with Crippen molar-refractivity contribution in [2.24, 2.45) is 11.8 Å². The van der Waals surface area contributed by atoms with E-state index < -0.39 is 5.79 Å². The first-order valence-corrected chi connectivity index (χ1v) is 7.24. The van der Waals surface area contributed by atoms with Crippen molar-refractivity contribution in [3.05, 3.63) is 0 Å². The predicted molar refractivity (Wildman–Crippen MR) is 69.9 cm³/mol. The van der Waals surface area contributed by atoms with Gasteiger partial charge in [-0.05, 0) is 50.4 Å². The molecule has 4 nitrogen and oxygen atoms in total. The Morgan fingerprint density at radius 2 is 1.11 bits per heavy atom. The van der Waals surface area contributed by atoms with Crippen LogP contribution in [0.25, 0.3) is 0 Å². The topological polar surface area (TPSA) is 80.9 Å². The lowest BCUT2D eigenvalue weighted by Gasteiger charge is -2.25. The molecule has 0 amide bonds. The molecule has 0 radical (unpaired) electrons. The average Bonchev–Trinajstić information content (AvgIpc) is 2.39. The number of aliphatic hydroxyl groups excluding tert-OH is 2. The fourth-order valence-electron chi connectivity index (χ4n) is 2.71. The summed E-state index contributed by atoms with van der Waals surface area (Å²) >= 11 is 0. The van der Waals surface area contributed by atoms with E-state index in [-0.39, 0.29) is 0 Å². The van der Waals surface area contributed by atoms with Crippen molar-refractivity contribution in [3.63, 3.8) is 0 Å². The molecule has 2 fully saturated rings. The van der Waals surface area contributed by atoms with Gasteiger partial charge in [0, 0.05) is 26.1 Å². The Labute approximate surface area is 110 Å². The highest BCUT2D eigenvalue weighted by atomic mass is 16.5. The second-order valence-corrected chi connectivity index (χ2v) is 5.80. The number of hydrogen-bond donors (Lipinski definition) is 4. The molecular weight excluding hydrogens is 232 g/mol. The lowest BCUT2D eigenvalue weighted by molar-refractivity contribution is -0.180. The maximum atomic E-state index is 8.93. The monoisotopic (exact) mass is 260 g/mol. The van der Waals surface area contributed by atoms with Crippen molar-refractivity contribution in [1.82, 2.24) is 0 Å².